The Bertz CT molecular complexity index is 1240. The normalized spacial score (nSPS) is 24.8. The lowest BCUT2D eigenvalue weighted by atomic mass is 9.76. The van der Waals surface area contributed by atoms with Crippen molar-refractivity contribution in [3.05, 3.63) is 81.0 Å². The number of nitrogens with one attached hydrogen (secondary N) is 1. The molecule has 0 radical (unpaired) electrons. The minimum Gasteiger partial charge on any atom is -0.508 e. The van der Waals surface area contributed by atoms with E-state index >= 15 is 0 Å². The van der Waals surface area contributed by atoms with E-state index in [9.17, 15) is 14.7 Å². The van der Waals surface area contributed by atoms with Gasteiger partial charge in [-0.1, -0.05) is 42.3 Å². The number of rotatable bonds is 6. The van der Waals surface area contributed by atoms with Gasteiger partial charge >= 0.3 is 0 Å². The first-order chi connectivity index (χ1) is 18.0. The molecule has 2 fully saturated rings. The topological polar surface area (TPSA) is 75.6 Å². The van der Waals surface area contributed by atoms with Crippen molar-refractivity contribution >= 4 is 46.4 Å². The number of halogens is 1. The number of hydrogen-bond donors (Lipinski definition) is 2. The third-order valence-corrected chi connectivity index (χ3v) is 9.72. The Morgan fingerprint density at radius 3 is 2.73 bits per heavy atom. The van der Waals surface area contributed by atoms with E-state index in [1.54, 1.807) is 18.2 Å². The SMILES string of the molecule is O=C1CC(c2ccsc2)(c2ccc(CC3CCCCOCC3)cc2O)NC(=O)C1Sc1ccccc1Cl. The second kappa shape index (κ2) is 11.6. The maximum absolute atomic E-state index is 13.5. The summed E-state index contributed by atoms with van der Waals surface area (Å²) >= 11 is 8.95. The van der Waals surface area contributed by atoms with Crippen LogP contribution in [-0.2, 0) is 26.3 Å². The van der Waals surface area contributed by atoms with Crippen LogP contribution in [0.1, 0.15) is 48.8 Å². The second-order valence-electron chi connectivity index (χ2n) is 9.80. The molecular formula is C29H30ClNO4S2. The molecule has 1 amide bonds. The van der Waals surface area contributed by atoms with Gasteiger partial charge in [-0.3, -0.25) is 9.59 Å². The molecule has 2 aliphatic rings. The number of thioether (sulfide) groups is 1. The van der Waals surface area contributed by atoms with Gasteiger partial charge in [0.1, 0.15) is 16.5 Å². The van der Waals surface area contributed by atoms with Gasteiger partial charge in [-0.15, -0.1) is 11.8 Å². The second-order valence-corrected chi connectivity index (χ2v) is 12.1. The molecule has 3 aromatic rings. The first kappa shape index (κ1) is 26.3. The van der Waals surface area contributed by atoms with Gasteiger partial charge in [0.25, 0.3) is 0 Å². The molecular weight excluding hydrogens is 526 g/mol. The molecule has 3 heterocycles. The molecule has 2 aromatic carbocycles. The van der Waals surface area contributed by atoms with Gasteiger partial charge in [0.2, 0.25) is 5.91 Å². The zero-order valence-electron chi connectivity index (χ0n) is 20.5. The standard InChI is InChI=1S/C29H30ClNO4S2/c30-23-6-1-2-7-26(23)37-27-25(33)17-29(31-28(27)34,21-11-14-36-18-21)22-9-8-20(16-24(22)32)15-19-5-3-4-12-35-13-10-19/h1-2,6-9,11,14,16,18-19,27,32H,3-5,10,12-13,15,17H2,(H,31,34). The summed E-state index contributed by atoms with van der Waals surface area (Å²) in [5.41, 5.74) is 1.26. The highest BCUT2D eigenvalue weighted by Crippen LogP contribution is 2.44. The molecule has 2 aliphatic heterocycles. The number of ketones is 1. The van der Waals surface area contributed by atoms with Gasteiger partial charge < -0.3 is 15.2 Å². The molecule has 3 unspecified atom stereocenters. The summed E-state index contributed by atoms with van der Waals surface area (Å²) in [6, 6.07) is 14.8. The lowest BCUT2D eigenvalue weighted by Crippen LogP contribution is -2.58. The van der Waals surface area contributed by atoms with Crippen molar-refractivity contribution in [2.75, 3.05) is 13.2 Å². The number of phenolic OH excluding ortho intramolecular Hbond substituents is 1. The highest BCUT2D eigenvalue weighted by Gasteiger charge is 2.48. The van der Waals surface area contributed by atoms with E-state index in [1.165, 1.54) is 23.1 Å². The van der Waals surface area contributed by atoms with Crippen LogP contribution in [0.4, 0.5) is 0 Å². The molecule has 0 saturated carbocycles. The number of carbonyl (C=O) groups excluding carboxylic acids is 2. The van der Waals surface area contributed by atoms with Crippen LogP contribution in [0.25, 0.3) is 0 Å². The summed E-state index contributed by atoms with van der Waals surface area (Å²) in [7, 11) is 0. The zero-order valence-corrected chi connectivity index (χ0v) is 22.8. The van der Waals surface area contributed by atoms with Crippen molar-refractivity contribution in [3.8, 4) is 5.75 Å². The summed E-state index contributed by atoms with van der Waals surface area (Å²) in [5, 5.41) is 17.8. The van der Waals surface area contributed by atoms with Crippen molar-refractivity contribution in [1.29, 1.82) is 0 Å². The predicted octanol–water partition coefficient (Wildman–Crippen LogP) is 6.35. The van der Waals surface area contributed by atoms with Crippen LogP contribution < -0.4 is 5.32 Å². The Labute approximate surface area is 230 Å². The lowest BCUT2D eigenvalue weighted by molar-refractivity contribution is -0.132. The van der Waals surface area contributed by atoms with Crippen LogP contribution in [0.15, 0.2) is 64.2 Å². The number of benzene rings is 2. The Morgan fingerprint density at radius 2 is 1.97 bits per heavy atom. The third-order valence-electron chi connectivity index (χ3n) is 7.27. The van der Waals surface area contributed by atoms with Crippen molar-refractivity contribution in [1.82, 2.24) is 5.32 Å². The van der Waals surface area contributed by atoms with Gasteiger partial charge in [-0.2, -0.15) is 11.3 Å². The van der Waals surface area contributed by atoms with Crippen LogP contribution in [-0.4, -0.2) is 35.3 Å². The first-order valence-corrected chi connectivity index (χ1v) is 14.8. The summed E-state index contributed by atoms with van der Waals surface area (Å²) in [6.07, 6.45) is 5.32. The maximum atomic E-state index is 13.5. The summed E-state index contributed by atoms with van der Waals surface area (Å²) in [4.78, 5) is 27.6. The summed E-state index contributed by atoms with van der Waals surface area (Å²) in [5.74, 6) is 0.0225. The molecule has 3 atom stereocenters. The molecule has 2 saturated heterocycles. The van der Waals surface area contributed by atoms with Crippen molar-refractivity contribution < 1.29 is 19.4 Å². The minimum atomic E-state index is -1.12. The van der Waals surface area contributed by atoms with E-state index in [2.05, 4.69) is 5.32 Å². The molecule has 8 heteroatoms. The monoisotopic (exact) mass is 555 g/mol. The highest BCUT2D eigenvalue weighted by atomic mass is 35.5. The molecule has 0 aliphatic carbocycles. The molecule has 194 valence electrons. The van der Waals surface area contributed by atoms with Crippen molar-refractivity contribution in [2.24, 2.45) is 5.92 Å². The largest absolute Gasteiger partial charge is 0.508 e. The van der Waals surface area contributed by atoms with Gasteiger partial charge in [-0.05, 0) is 77.8 Å². The fraction of sp³-hybridized carbons (Fsp3) is 0.379. The predicted molar refractivity (Wildman–Crippen MR) is 149 cm³/mol. The molecule has 0 spiro atoms. The number of ether oxygens (including phenoxy) is 1. The van der Waals surface area contributed by atoms with Gasteiger partial charge in [0, 0.05) is 30.1 Å². The Kier molecular flexibility index (Phi) is 8.24. The van der Waals surface area contributed by atoms with E-state index in [0.717, 1.165) is 56.4 Å². The van der Waals surface area contributed by atoms with E-state index in [0.29, 0.717) is 21.4 Å². The number of hydrogen-bond acceptors (Lipinski definition) is 6. The smallest absolute Gasteiger partial charge is 0.242 e. The van der Waals surface area contributed by atoms with E-state index in [4.69, 9.17) is 16.3 Å². The average molecular weight is 556 g/mol. The Morgan fingerprint density at radius 1 is 1.11 bits per heavy atom. The molecule has 5 nitrogen and oxygen atoms in total. The van der Waals surface area contributed by atoms with E-state index in [-0.39, 0.29) is 23.9 Å². The fourth-order valence-corrected chi connectivity index (χ4v) is 7.31. The summed E-state index contributed by atoms with van der Waals surface area (Å²) < 4.78 is 5.66. The number of amides is 1. The summed E-state index contributed by atoms with van der Waals surface area (Å²) in [6.45, 7) is 1.62. The van der Waals surface area contributed by atoms with Gasteiger partial charge in [0.05, 0.1) is 5.02 Å². The molecule has 1 aromatic heterocycles. The minimum absolute atomic E-state index is 0.0461. The Hall–Kier alpha value is -2.32. The third kappa shape index (κ3) is 5.75. The van der Waals surface area contributed by atoms with Crippen LogP contribution in [0.5, 0.6) is 5.75 Å². The highest BCUT2D eigenvalue weighted by molar-refractivity contribution is 8.01. The van der Waals surface area contributed by atoms with Gasteiger partial charge in [0.15, 0.2) is 5.78 Å². The number of aromatic hydroxyl groups is 1. The lowest BCUT2D eigenvalue weighted by Gasteiger charge is -2.40. The van der Waals surface area contributed by atoms with Crippen LogP contribution in [0, 0.1) is 5.92 Å². The molecule has 5 rings (SSSR count). The van der Waals surface area contributed by atoms with Crippen LogP contribution in [0.3, 0.4) is 0 Å². The Balaban J connectivity index is 1.42. The molecule has 0 bridgehead atoms. The number of carbonyl (C=O) groups is 2. The molecule has 37 heavy (non-hydrogen) atoms. The average Bonchev–Trinajstić information content (AvgIpc) is 3.40. The maximum Gasteiger partial charge on any atom is 0.242 e. The van der Waals surface area contributed by atoms with Crippen LogP contribution in [0.2, 0.25) is 5.02 Å². The van der Waals surface area contributed by atoms with Gasteiger partial charge in [-0.25, -0.2) is 0 Å². The van der Waals surface area contributed by atoms with Crippen molar-refractivity contribution in [3.63, 3.8) is 0 Å². The van der Waals surface area contributed by atoms with Crippen molar-refractivity contribution in [2.45, 2.75) is 54.2 Å². The van der Waals surface area contributed by atoms with Crippen LogP contribution >= 0.6 is 34.7 Å². The molecule has 2 N–H and O–H groups in total. The first-order valence-electron chi connectivity index (χ1n) is 12.6. The number of phenols is 1. The number of Topliss-reactive ketones (excluding diaryl/α,β-unsaturated/α-hetero) is 1. The number of thiophene rings is 1. The fourth-order valence-electron chi connectivity index (χ4n) is 5.34. The number of piperidine rings is 1. The zero-order chi connectivity index (χ0) is 25.8. The quantitative estimate of drug-likeness (QED) is 0.347. The van der Waals surface area contributed by atoms with E-state index < -0.39 is 10.8 Å². The van der Waals surface area contributed by atoms with E-state index in [1.807, 2.05) is 41.1 Å².